The normalized spacial score (nSPS) is 11.1. The van der Waals surface area contributed by atoms with Crippen molar-refractivity contribution >= 4 is 21.8 Å². The Morgan fingerprint density at radius 2 is 1.95 bits per heavy atom. The Hall–Kier alpha value is -2.88. The lowest BCUT2D eigenvalue weighted by atomic mass is 10.1. The third-order valence-electron chi connectivity index (χ3n) is 3.79. The number of aryl methyl sites for hydroxylation is 1. The number of nitrogens with one attached hydrogen (secondary N) is 1. The molecule has 4 heteroatoms. The van der Waals surface area contributed by atoms with E-state index in [1.807, 2.05) is 49.5 Å². The standard InChI is InChI=1S/C18H15N3O/c1-12-18-16(7-9-19-12)15-6-5-14(10-17(15)21-18)22-11-13-4-2-3-8-20-13/h2-10,21H,11H2,1H3. The lowest BCUT2D eigenvalue weighted by Crippen LogP contribution is -1.97. The van der Waals surface area contributed by atoms with Crippen LogP contribution in [-0.2, 0) is 6.61 Å². The Morgan fingerprint density at radius 3 is 2.82 bits per heavy atom. The fraction of sp³-hybridized carbons (Fsp3) is 0.111. The van der Waals surface area contributed by atoms with Gasteiger partial charge in [-0.15, -0.1) is 0 Å². The van der Waals surface area contributed by atoms with Crippen molar-refractivity contribution in [2.45, 2.75) is 13.5 Å². The second-order valence-corrected chi connectivity index (χ2v) is 5.26. The number of hydrogen-bond acceptors (Lipinski definition) is 3. The van der Waals surface area contributed by atoms with Crippen LogP contribution >= 0.6 is 0 Å². The van der Waals surface area contributed by atoms with Crippen LogP contribution in [0.15, 0.2) is 54.9 Å². The number of rotatable bonds is 3. The van der Waals surface area contributed by atoms with E-state index in [0.29, 0.717) is 6.61 Å². The molecule has 0 spiro atoms. The summed E-state index contributed by atoms with van der Waals surface area (Å²) in [6, 6.07) is 14.0. The molecule has 4 aromatic rings. The van der Waals surface area contributed by atoms with Crippen molar-refractivity contribution in [3.63, 3.8) is 0 Å². The maximum atomic E-state index is 5.83. The molecule has 4 rings (SSSR count). The van der Waals surface area contributed by atoms with E-state index >= 15 is 0 Å². The number of nitrogens with zero attached hydrogens (tertiary/aromatic N) is 2. The van der Waals surface area contributed by atoms with E-state index in [2.05, 4.69) is 21.0 Å². The van der Waals surface area contributed by atoms with E-state index in [4.69, 9.17) is 4.74 Å². The molecule has 1 aromatic carbocycles. The van der Waals surface area contributed by atoms with E-state index in [9.17, 15) is 0 Å². The molecule has 0 bridgehead atoms. The summed E-state index contributed by atoms with van der Waals surface area (Å²) in [4.78, 5) is 12.0. The molecule has 0 saturated carbocycles. The second-order valence-electron chi connectivity index (χ2n) is 5.26. The fourth-order valence-corrected chi connectivity index (χ4v) is 2.68. The molecule has 0 aliphatic rings. The van der Waals surface area contributed by atoms with Crippen molar-refractivity contribution in [3.8, 4) is 5.75 Å². The van der Waals surface area contributed by atoms with Gasteiger partial charge in [-0.1, -0.05) is 6.07 Å². The van der Waals surface area contributed by atoms with Crippen LogP contribution in [0.25, 0.3) is 21.8 Å². The zero-order chi connectivity index (χ0) is 14.9. The summed E-state index contributed by atoms with van der Waals surface area (Å²) in [5.41, 5.74) is 4.06. The third kappa shape index (κ3) is 2.19. The van der Waals surface area contributed by atoms with Crippen molar-refractivity contribution in [1.29, 1.82) is 0 Å². The van der Waals surface area contributed by atoms with Crippen molar-refractivity contribution in [2.24, 2.45) is 0 Å². The highest BCUT2D eigenvalue weighted by atomic mass is 16.5. The zero-order valence-electron chi connectivity index (χ0n) is 12.2. The number of pyridine rings is 2. The summed E-state index contributed by atoms with van der Waals surface area (Å²) in [5.74, 6) is 0.829. The first-order valence-electron chi connectivity index (χ1n) is 7.21. The Kier molecular flexibility index (Phi) is 3.00. The number of benzene rings is 1. The van der Waals surface area contributed by atoms with Crippen LogP contribution in [0, 0.1) is 6.92 Å². The number of ether oxygens (including phenoxy) is 1. The molecule has 0 amide bonds. The van der Waals surface area contributed by atoms with Gasteiger partial charge in [-0.25, -0.2) is 0 Å². The molecular weight excluding hydrogens is 274 g/mol. The Bertz CT molecular complexity index is 945. The fourth-order valence-electron chi connectivity index (χ4n) is 2.68. The minimum absolute atomic E-state index is 0.465. The van der Waals surface area contributed by atoms with Gasteiger partial charge in [0.1, 0.15) is 12.4 Å². The molecule has 108 valence electrons. The maximum Gasteiger partial charge on any atom is 0.130 e. The SMILES string of the molecule is Cc1nccc2c1[nH]c1cc(OCc3ccccn3)ccc12. The molecule has 0 fully saturated rings. The van der Waals surface area contributed by atoms with Crippen LogP contribution in [0.3, 0.4) is 0 Å². The topological polar surface area (TPSA) is 50.8 Å². The molecule has 1 N–H and O–H groups in total. The van der Waals surface area contributed by atoms with Crippen molar-refractivity contribution in [1.82, 2.24) is 15.0 Å². The molecule has 4 nitrogen and oxygen atoms in total. The molecule has 0 saturated heterocycles. The van der Waals surface area contributed by atoms with Crippen molar-refractivity contribution in [3.05, 3.63) is 66.2 Å². The van der Waals surface area contributed by atoms with Gasteiger partial charge in [0.15, 0.2) is 0 Å². The molecule has 3 aromatic heterocycles. The number of H-pyrrole nitrogens is 1. The van der Waals surface area contributed by atoms with Gasteiger partial charge in [0, 0.05) is 29.2 Å². The van der Waals surface area contributed by atoms with Crippen LogP contribution in [0.5, 0.6) is 5.75 Å². The van der Waals surface area contributed by atoms with E-state index in [1.54, 1.807) is 6.20 Å². The highest BCUT2D eigenvalue weighted by Gasteiger charge is 2.07. The Morgan fingerprint density at radius 1 is 1.00 bits per heavy atom. The van der Waals surface area contributed by atoms with Gasteiger partial charge < -0.3 is 9.72 Å². The molecule has 0 aliphatic heterocycles. The first-order valence-corrected chi connectivity index (χ1v) is 7.21. The average molecular weight is 289 g/mol. The minimum Gasteiger partial charge on any atom is -0.487 e. The Labute approximate surface area is 127 Å². The highest BCUT2D eigenvalue weighted by molar-refractivity contribution is 6.08. The van der Waals surface area contributed by atoms with Gasteiger partial charge in [-0.3, -0.25) is 9.97 Å². The molecule has 3 heterocycles. The monoisotopic (exact) mass is 289 g/mol. The summed E-state index contributed by atoms with van der Waals surface area (Å²) in [6.07, 6.45) is 3.62. The second kappa shape index (κ2) is 5.15. The van der Waals surface area contributed by atoms with Crippen LogP contribution in [0.1, 0.15) is 11.4 Å². The number of aromatic nitrogens is 3. The van der Waals surface area contributed by atoms with Gasteiger partial charge in [0.2, 0.25) is 0 Å². The number of hydrogen-bond donors (Lipinski definition) is 1. The number of aromatic amines is 1. The average Bonchev–Trinajstić information content (AvgIpc) is 2.93. The molecule has 0 radical (unpaired) electrons. The van der Waals surface area contributed by atoms with E-state index in [-0.39, 0.29) is 0 Å². The van der Waals surface area contributed by atoms with Crippen LogP contribution < -0.4 is 4.74 Å². The van der Waals surface area contributed by atoms with Crippen molar-refractivity contribution in [2.75, 3.05) is 0 Å². The molecular formula is C18H15N3O. The van der Waals surface area contributed by atoms with Gasteiger partial charge >= 0.3 is 0 Å². The first-order chi connectivity index (χ1) is 10.8. The first kappa shape index (κ1) is 12.8. The van der Waals surface area contributed by atoms with Crippen LogP contribution in [-0.4, -0.2) is 15.0 Å². The summed E-state index contributed by atoms with van der Waals surface area (Å²) >= 11 is 0. The van der Waals surface area contributed by atoms with E-state index in [0.717, 1.165) is 28.2 Å². The van der Waals surface area contributed by atoms with Crippen molar-refractivity contribution < 1.29 is 4.74 Å². The summed E-state index contributed by atoms with van der Waals surface area (Å²) in [6.45, 7) is 2.48. The molecule has 0 atom stereocenters. The zero-order valence-corrected chi connectivity index (χ0v) is 12.2. The lowest BCUT2D eigenvalue weighted by Gasteiger charge is -2.05. The number of fused-ring (bicyclic) bond motifs is 3. The Balaban J connectivity index is 1.69. The van der Waals surface area contributed by atoms with E-state index in [1.165, 1.54) is 10.8 Å². The van der Waals surface area contributed by atoms with E-state index < -0.39 is 0 Å². The van der Waals surface area contributed by atoms with Gasteiger partial charge in [0.25, 0.3) is 0 Å². The smallest absolute Gasteiger partial charge is 0.130 e. The molecule has 22 heavy (non-hydrogen) atoms. The summed E-state index contributed by atoms with van der Waals surface area (Å²) in [5, 5.41) is 2.38. The third-order valence-corrected chi connectivity index (χ3v) is 3.79. The lowest BCUT2D eigenvalue weighted by molar-refractivity contribution is 0.302. The van der Waals surface area contributed by atoms with Gasteiger partial charge in [0.05, 0.1) is 22.4 Å². The predicted molar refractivity (Wildman–Crippen MR) is 86.9 cm³/mol. The van der Waals surface area contributed by atoms with Gasteiger partial charge in [-0.05, 0) is 37.3 Å². The highest BCUT2D eigenvalue weighted by Crippen LogP contribution is 2.29. The van der Waals surface area contributed by atoms with Gasteiger partial charge in [-0.2, -0.15) is 0 Å². The maximum absolute atomic E-state index is 5.83. The largest absolute Gasteiger partial charge is 0.487 e. The summed E-state index contributed by atoms with van der Waals surface area (Å²) < 4.78 is 5.83. The quantitative estimate of drug-likeness (QED) is 0.620. The predicted octanol–water partition coefficient (Wildman–Crippen LogP) is 4.00. The molecule has 0 unspecified atom stereocenters. The summed E-state index contributed by atoms with van der Waals surface area (Å²) in [7, 11) is 0. The van der Waals surface area contributed by atoms with Crippen LogP contribution in [0.4, 0.5) is 0 Å². The minimum atomic E-state index is 0.465. The molecule has 0 aliphatic carbocycles. The van der Waals surface area contributed by atoms with Crippen LogP contribution in [0.2, 0.25) is 0 Å².